The fraction of sp³-hybridized carbons (Fsp3) is 0.312. The molecule has 0 saturated carbocycles. The monoisotopic (exact) mass is 352 g/mol. The number of nitrogens with zero attached hydrogens (tertiary/aromatic N) is 2. The Bertz CT molecular complexity index is 653. The zero-order chi connectivity index (χ0) is 15.6. The van der Waals surface area contributed by atoms with Crippen LogP contribution in [0.2, 0.25) is 0 Å². The summed E-state index contributed by atoms with van der Waals surface area (Å²) in [5.41, 5.74) is 1.11. The van der Waals surface area contributed by atoms with Crippen molar-refractivity contribution in [3.8, 4) is 0 Å². The molecule has 21 heavy (non-hydrogen) atoms. The summed E-state index contributed by atoms with van der Waals surface area (Å²) in [6.07, 6.45) is 1.87. The van der Waals surface area contributed by atoms with Crippen LogP contribution in [0, 0.1) is 5.82 Å². The van der Waals surface area contributed by atoms with Crippen LogP contribution in [0.5, 0.6) is 0 Å². The average molecular weight is 353 g/mol. The number of hydrogen-bond donors (Lipinski definition) is 0. The van der Waals surface area contributed by atoms with Gasteiger partial charge in [0.05, 0.1) is 6.04 Å². The molecule has 0 bridgehead atoms. The fourth-order valence-electron chi connectivity index (χ4n) is 2.29. The summed E-state index contributed by atoms with van der Waals surface area (Å²) < 4.78 is 16.6. The van der Waals surface area contributed by atoms with Gasteiger partial charge in [0, 0.05) is 29.8 Å². The maximum absolute atomic E-state index is 13.9. The van der Waals surface area contributed by atoms with E-state index in [9.17, 15) is 9.18 Å². The highest BCUT2D eigenvalue weighted by molar-refractivity contribution is 9.10. The van der Waals surface area contributed by atoms with E-state index in [1.54, 1.807) is 36.2 Å². The molecule has 1 unspecified atom stereocenters. The van der Waals surface area contributed by atoms with Crippen molar-refractivity contribution in [1.29, 1.82) is 0 Å². The number of aromatic nitrogens is 1. The number of rotatable bonds is 4. The lowest BCUT2D eigenvalue weighted by Crippen LogP contribution is -2.31. The van der Waals surface area contributed by atoms with E-state index in [-0.39, 0.29) is 17.8 Å². The van der Waals surface area contributed by atoms with Crippen molar-refractivity contribution in [2.75, 3.05) is 7.05 Å². The van der Waals surface area contributed by atoms with Crippen molar-refractivity contribution in [3.05, 3.63) is 58.1 Å². The lowest BCUT2D eigenvalue weighted by Gasteiger charge is -2.26. The van der Waals surface area contributed by atoms with E-state index >= 15 is 0 Å². The van der Waals surface area contributed by atoms with Gasteiger partial charge < -0.3 is 9.47 Å². The average Bonchev–Trinajstić information content (AvgIpc) is 2.86. The van der Waals surface area contributed by atoms with Crippen molar-refractivity contribution in [3.63, 3.8) is 0 Å². The smallest absolute Gasteiger partial charge is 0.270 e. The number of hydrogen-bond acceptors (Lipinski definition) is 1. The maximum Gasteiger partial charge on any atom is 0.270 e. The number of amides is 1. The summed E-state index contributed by atoms with van der Waals surface area (Å²) in [4.78, 5) is 14.2. The molecule has 0 aliphatic heterocycles. The van der Waals surface area contributed by atoms with E-state index in [1.165, 1.54) is 6.07 Å². The van der Waals surface area contributed by atoms with Gasteiger partial charge in [-0.2, -0.15) is 0 Å². The Hall–Kier alpha value is -1.62. The second-order valence-electron chi connectivity index (χ2n) is 4.94. The van der Waals surface area contributed by atoms with E-state index in [0.29, 0.717) is 17.8 Å². The molecular formula is C16H18BrFN2O. The molecule has 0 aliphatic rings. The topological polar surface area (TPSA) is 25.2 Å². The van der Waals surface area contributed by atoms with E-state index < -0.39 is 0 Å². The zero-order valence-corrected chi connectivity index (χ0v) is 13.9. The van der Waals surface area contributed by atoms with Gasteiger partial charge in [-0.15, -0.1) is 0 Å². The van der Waals surface area contributed by atoms with Gasteiger partial charge in [-0.25, -0.2) is 4.39 Å². The summed E-state index contributed by atoms with van der Waals surface area (Å²) in [6.45, 7) is 4.50. The first-order valence-electron chi connectivity index (χ1n) is 6.83. The summed E-state index contributed by atoms with van der Waals surface area (Å²) in [7, 11) is 1.69. The van der Waals surface area contributed by atoms with Crippen LogP contribution in [0.1, 0.15) is 35.9 Å². The van der Waals surface area contributed by atoms with E-state index in [1.807, 2.05) is 24.6 Å². The van der Waals surface area contributed by atoms with Crippen LogP contribution in [0.25, 0.3) is 0 Å². The first-order valence-corrected chi connectivity index (χ1v) is 7.62. The lowest BCUT2D eigenvalue weighted by atomic mass is 10.1. The second-order valence-corrected chi connectivity index (χ2v) is 5.86. The quantitative estimate of drug-likeness (QED) is 0.807. The highest BCUT2D eigenvalue weighted by Crippen LogP contribution is 2.24. The molecule has 0 radical (unpaired) electrons. The van der Waals surface area contributed by atoms with Crippen LogP contribution in [0.4, 0.5) is 4.39 Å². The van der Waals surface area contributed by atoms with Crippen LogP contribution < -0.4 is 0 Å². The Labute approximate surface area is 132 Å². The number of benzene rings is 1. The maximum atomic E-state index is 13.9. The molecule has 1 atom stereocenters. The van der Waals surface area contributed by atoms with Gasteiger partial charge in [-0.05, 0) is 41.9 Å². The molecule has 1 heterocycles. The third-order valence-electron chi connectivity index (χ3n) is 3.68. The van der Waals surface area contributed by atoms with Crippen LogP contribution in [-0.4, -0.2) is 22.4 Å². The van der Waals surface area contributed by atoms with E-state index in [2.05, 4.69) is 15.9 Å². The molecule has 5 heteroatoms. The number of aryl methyl sites for hydroxylation is 1. The highest BCUT2D eigenvalue weighted by Gasteiger charge is 2.23. The van der Waals surface area contributed by atoms with Crippen LogP contribution >= 0.6 is 15.9 Å². The van der Waals surface area contributed by atoms with Gasteiger partial charge in [-0.1, -0.05) is 18.2 Å². The Morgan fingerprint density at radius 3 is 2.71 bits per heavy atom. The number of carbonyl (C=O) groups excluding carboxylic acids is 1. The summed E-state index contributed by atoms with van der Waals surface area (Å²) in [5.74, 6) is -0.421. The second kappa shape index (κ2) is 6.43. The molecule has 0 N–H and O–H groups in total. The Morgan fingerprint density at radius 2 is 2.10 bits per heavy atom. The van der Waals surface area contributed by atoms with Gasteiger partial charge in [-0.3, -0.25) is 4.79 Å². The molecule has 0 fully saturated rings. The van der Waals surface area contributed by atoms with Crippen molar-refractivity contribution in [2.45, 2.75) is 26.4 Å². The molecule has 1 aromatic heterocycles. The van der Waals surface area contributed by atoms with Crippen molar-refractivity contribution in [1.82, 2.24) is 9.47 Å². The summed E-state index contributed by atoms with van der Waals surface area (Å²) in [5, 5.41) is 0. The third-order valence-corrected chi connectivity index (χ3v) is 4.11. The highest BCUT2D eigenvalue weighted by atomic mass is 79.9. The predicted molar refractivity (Wildman–Crippen MR) is 84.7 cm³/mol. The molecule has 112 valence electrons. The number of carbonyl (C=O) groups is 1. The van der Waals surface area contributed by atoms with Gasteiger partial charge in [0.1, 0.15) is 11.5 Å². The molecule has 1 aromatic carbocycles. The van der Waals surface area contributed by atoms with Crippen molar-refractivity contribution in [2.24, 2.45) is 0 Å². The van der Waals surface area contributed by atoms with Crippen molar-refractivity contribution < 1.29 is 9.18 Å². The SMILES string of the molecule is CCn1cc(Br)cc1C(=O)N(C)C(C)c1ccccc1F. The van der Waals surface area contributed by atoms with Gasteiger partial charge in [0.15, 0.2) is 0 Å². The largest absolute Gasteiger partial charge is 0.343 e. The molecular weight excluding hydrogens is 335 g/mol. The standard InChI is InChI=1S/C16H18BrFN2O/c1-4-20-10-12(17)9-15(20)16(21)19(3)11(2)13-7-5-6-8-14(13)18/h5-11H,4H2,1-3H3. The minimum Gasteiger partial charge on any atom is -0.343 e. The molecule has 1 amide bonds. The van der Waals surface area contributed by atoms with Crippen LogP contribution in [0.15, 0.2) is 41.0 Å². The zero-order valence-electron chi connectivity index (χ0n) is 12.3. The van der Waals surface area contributed by atoms with Crippen molar-refractivity contribution >= 4 is 21.8 Å². The van der Waals surface area contributed by atoms with Crippen LogP contribution in [-0.2, 0) is 6.54 Å². The van der Waals surface area contributed by atoms with Crippen LogP contribution in [0.3, 0.4) is 0 Å². The summed E-state index contributed by atoms with van der Waals surface area (Å²) in [6, 6.07) is 7.99. The van der Waals surface area contributed by atoms with Gasteiger partial charge in [0.25, 0.3) is 5.91 Å². The molecule has 2 rings (SSSR count). The minimum atomic E-state index is -0.335. The Balaban J connectivity index is 2.28. The Morgan fingerprint density at radius 1 is 1.43 bits per heavy atom. The Kier molecular flexibility index (Phi) is 4.83. The third kappa shape index (κ3) is 3.18. The molecule has 3 nitrogen and oxygen atoms in total. The molecule has 0 aliphatic carbocycles. The van der Waals surface area contributed by atoms with Gasteiger partial charge >= 0.3 is 0 Å². The first-order chi connectivity index (χ1) is 9.95. The lowest BCUT2D eigenvalue weighted by molar-refractivity contribution is 0.0729. The minimum absolute atomic E-state index is 0.127. The van der Waals surface area contributed by atoms with E-state index in [0.717, 1.165) is 4.47 Å². The molecule has 2 aromatic rings. The fourth-order valence-corrected chi connectivity index (χ4v) is 2.76. The molecule has 0 spiro atoms. The van der Waals surface area contributed by atoms with E-state index in [4.69, 9.17) is 0 Å². The normalized spacial score (nSPS) is 12.2. The number of halogens is 2. The molecule has 0 saturated heterocycles. The summed E-state index contributed by atoms with van der Waals surface area (Å²) >= 11 is 3.38. The first kappa shape index (κ1) is 15.8. The predicted octanol–water partition coefficient (Wildman–Crippen LogP) is 4.24. The van der Waals surface area contributed by atoms with Gasteiger partial charge in [0.2, 0.25) is 0 Å².